The normalized spacial score (nSPS) is 27.5. The van der Waals surface area contributed by atoms with E-state index in [1.807, 2.05) is 30.2 Å². The van der Waals surface area contributed by atoms with Crippen LogP contribution >= 0.6 is 15.9 Å². The first kappa shape index (κ1) is 18.3. The van der Waals surface area contributed by atoms with E-state index in [-0.39, 0.29) is 16.1 Å². The fourth-order valence-corrected chi connectivity index (χ4v) is 4.43. The maximum Gasteiger partial charge on any atom is 0.189 e. The molecule has 7 heteroatoms. The Kier molecular flexibility index (Phi) is 4.67. The van der Waals surface area contributed by atoms with E-state index in [1.165, 1.54) is 6.07 Å². The molecule has 0 saturated heterocycles. The van der Waals surface area contributed by atoms with E-state index in [2.05, 4.69) is 22.0 Å². The van der Waals surface area contributed by atoms with Crippen LogP contribution in [0.5, 0.6) is 0 Å². The van der Waals surface area contributed by atoms with Gasteiger partial charge in [0.25, 0.3) is 0 Å². The van der Waals surface area contributed by atoms with Crippen LogP contribution in [-0.4, -0.2) is 30.7 Å². The highest BCUT2D eigenvalue weighted by atomic mass is 79.9. The lowest BCUT2D eigenvalue weighted by atomic mass is 9.54. The van der Waals surface area contributed by atoms with E-state index in [4.69, 9.17) is 5.41 Å². The maximum absolute atomic E-state index is 13.7. The van der Waals surface area contributed by atoms with Crippen molar-refractivity contribution in [2.45, 2.75) is 5.92 Å². The summed E-state index contributed by atoms with van der Waals surface area (Å²) in [5.74, 6) is -2.25. The molecule has 5 nitrogen and oxygen atoms in total. The van der Waals surface area contributed by atoms with E-state index >= 15 is 0 Å². The fraction of sp³-hybridized carbons (Fsp3) is 0.368. The van der Waals surface area contributed by atoms with Gasteiger partial charge in [-0.2, -0.15) is 15.8 Å². The Morgan fingerprint density at radius 2 is 2.00 bits per heavy atom. The minimum atomic E-state index is -1.77. The minimum Gasteiger partial charge on any atom is -0.305 e. The molecular formula is C19H15BrFN5. The lowest BCUT2D eigenvalue weighted by Gasteiger charge is -2.47. The van der Waals surface area contributed by atoms with Crippen LogP contribution in [0.25, 0.3) is 0 Å². The second kappa shape index (κ2) is 6.65. The molecule has 3 atom stereocenters. The average Bonchev–Trinajstić information content (AvgIpc) is 2.63. The van der Waals surface area contributed by atoms with Crippen LogP contribution in [0, 0.1) is 62.5 Å². The van der Waals surface area contributed by atoms with Crippen molar-refractivity contribution in [2.24, 2.45) is 17.3 Å². The summed E-state index contributed by atoms with van der Waals surface area (Å²) in [6.07, 6.45) is 1.92. The van der Waals surface area contributed by atoms with Crippen molar-refractivity contribution < 1.29 is 4.39 Å². The highest BCUT2D eigenvalue weighted by molar-refractivity contribution is 9.10. The van der Waals surface area contributed by atoms with Gasteiger partial charge >= 0.3 is 0 Å². The molecule has 26 heavy (non-hydrogen) atoms. The van der Waals surface area contributed by atoms with Gasteiger partial charge in [0.05, 0.1) is 28.4 Å². The Balaban J connectivity index is 2.28. The van der Waals surface area contributed by atoms with Crippen LogP contribution in [0.2, 0.25) is 0 Å². The number of nitriles is 3. The van der Waals surface area contributed by atoms with Gasteiger partial charge in [0.15, 0.2) is 5.41 Å². The lowest BCUT2D eigenvalue weighted by Crippen LogP contribution is -2.52. The molecule has 0 radical (unpaired) electrons. The molecule has 3 rings (SSSR count). The molecule has 0 aromatic heterocycles. The zero-order valence-corrected chi connectivity index (χ0v) is 15.6. The number of hydrogen-bond donors (Lipinski definition) is 1. The Bertz CT molecular complexity index is 919. The predicted octanol–water partition coefficient (Wildman–Crippen LogP) is 3.37. The van der Waals surface area contributed by atoms with Crippen molar-refractivity contribution in [3.63, 3.8) is 0 Å². The van der Waals surface area contributed by atoms with Gasteiger partial charge in [-0.05, 0) is 46.2 Å². The fourth-order valence-electron chi connectivity index (χ4n) is 4.03. The summed E-state index contributed by atoms with van der Waals surface area (Å²) in [7, 11) is 1.92. The Hall–Kier alpha value is -2.53. The van der Waals surface area contributed by atoms with Crippen LogP contribution in [0.1, 0.15) is 11.5 Å². The number of rotatable bonds is 1. The number of nitrogens with one attached hydrogen (secondary N) is 1. The first-order chi connectivity index (χ1) is 12.4. The highest BCUT2D eigenvalue weighted by Gasteiger charge is 2.57. The summed E-state index contributed by atoms with van der Waals surface area (Å²) in [6.45, 7) is 1.20. The number of fused-ring (bicyclic) bond motifs is 1. The largest absolute Gasteiger partial charge is 0.305 e. The Morgan fingerprint density at radius 1 is 1.31 bits per heavy atom. The van der Waals surface area contributed by atoms with Gasteiger partial charge in [0.1, 0.15) is 11.7 Å². The lowest BCUT2D eigenvalue weighted by molar-refractivity contribution is 0.235. The van der Waals surface area contributed by atoms with Crippen molar-refractivity contribution in [2.75, 3.05) is 20.1 Å². The molecular weight excluding hydrogens is 397 g/mol. The molecule has 1 heterocycles. The predicted molar refractivity (Wildman–Crippen MR) is 96.4 cm³/mol. The van der Waals surface area contributed by atoms with E-state index in [1.54, 1.807) is 12.1 Å². The summed E-state index contributed by atoms with van der Waals surface area (Å²) in [4.78, 5) is 2.04. The van der Waals surface area contributed by atoms with E-state index in [0.29, 0.717) is 18.7 Å². The molecule has 1 aromatic rings. The van der Waals surface area contributed by atoms with Crippen LogP contribution < -0.4 is 0 Å². The van der Waals surface area contributed by atoms with E-state index < -0.39 is 23.1 Å². The zero-order valence-electron chi connectivity index (χ0n) is 14.0. The Morgan fingerprint density at radius 3 is 2.58 bits per heavy atom. The monoisotopic (exact) mass is 411 g/mol. The summed E-state index contributed by atoms with van der Waals surface area (Å²) in [5.41, 5.74) is -0.573. The quantitative estimate of drug-likeness (QED) is 0.715. The standard InChI is InChI=1S/C19H15BrFN5/c1-26-5-4-12-13(7-22)18(25)19(9-23,10-24)17(14(12)8-26)11-2-3-16(21)15(20)6-11/h2-4,6,13-14,17,25H,5,8H2,1H3/t13?,14-,17-/m0/s1. The molecule has 1 aliphatic carbocycles. The molecule has 1 unspecified atom stereocenters. The number of halogens is 2. The first-order valence-electron chi connectivity index (χ1n) is 8.04. The molecule has 1 aromatic carbocycles. The van der Waals surface area contributed by atoms with Crippen LogP contribution in [-0.2, 0) is 0 Å². The number of benzene rings is 1. The van der Waals surface area contributed by atoms with Gasteiger partial charge in [0.2, 0.25) is 0 Å². The average molecular weight is 412 g/mol. The summed E-state index contributed by atoms with van der Waals surface area (Å²) < 4.78 is 14.0. The zero-order chi connectivity index (χ0) is 19.1. The van der Waals surface area contributed by atoms with Gasteiger partial charge in [-0.1, -0.05) is 12.1 Å². The molecule has 130 valence electrons. The smallest absolute Gasteiger partial charge is 0.189 e. The van der Waals surface area contributed by atoms with E-state index in [0.717, 1.165) is 5.57 Å². The maximum atomic E-state index is 13.7. The number of likely N-dealkylation sites (N-methyl/N-ethyl adjacent to an activating group) is 1. The van der Waals surface area contributed by atoms with Gasteiger partial charge in [-0.15, -0.1) is 0 Å². The second-order valence-corrected chi connectivity index (χ2v) is 7.54. The second-order valence-electron chi connectivity index (χ2n) is 6.69. The molecule has 0 bridgehead atoms. The molecule has 1 aliphatic heterocycles. The van der Waals surface area contributed by atoms with Gasteiger partial charge in [-0.3, -0.25) is 0 Å². The molecule has 1 saturated carbocycles. The summed E-state index contributed by atoms with van der Waals surface area (Å²) >= 11 is 3.16. The van der Waals surface area contributed by atoms with E-state index in [9.17, 15) is 20.2 Å². The molecule has 1 N–H and O–H groups in total. The van der Waals surface area contributed by atoms with Gasteiger partial charge < -0.3 is 10.3 Å². The summed E-state index contributed by atoms with van der Waals surface area (Å²) in [6, 6.07) is 10.5. The SMILES string of the molecule is CN1CC=C2C(C#N)C(=N)C(C#N)(C#N)[C@@H](c3ccc(F)c(Br)c3)[C@H]2C1. The number of hydrogen-bond acceptors (Lipinski definition) is 5. The minimum absolute atomic E-state index is 0.192. The number of nitrogens with zero attached hydrogens (tertiary/aromatic N) is 4. The van der Waals surface area contributed by atoms with Crippen molar-refractivity contribution in [1.82, 2.24) is 4.90 Å². The van der Waals surface area contributed by atoms with Crippen LogP contribution in [0.4, 0.5) is 4.39 Å². The third kappa shape index (κ3) is 2.54. The molecule has 2 aliphatic rings. The van der Waals surface area contributed by atoms with Crippen molar-refractivity contribution in [3.8, 4) is 18.2 Å². The van der Waals surface area contributed by atoms with Crippen molar-refractivity contribution in [3.05, 3.63) is 45.7 Å². The van der Waals surface area contributed by atoms with Crippen molar-refractivity contribution >= 4 is 21.6 Å². The topological polar surface area (TPSA) is 98.5 Å². The van der Waals surface area contributed by atoms with Crippen LogP contribution in [0.15, 0.2) is 34.3 Å². The van der Waals surface area contributed by atoms with Crippen LogP contribution in [0.3, 0.4) is 0 Å². The first-order valence-corrected chi connectivity index (χ1v) is 8.83. The summed E-state index contributed by atoms with van der Waals surface area (Å²) in [5, 5.41) is 37.9. The third-order valence-electron chi connectivity index (χ3n) is 5.28. The highest BCUT2D eigenvalue weighted by Crippen LogP contribution is 2.53. The third-order valence-corrected chi connectivity index (χ3v) is 5.88. The van der Waals surface area contributed by atoms with Crippen molar-refractivity contribution in [1.29, 1.82) is 21.2 Å². The van der Waals surface area contributed by atoms with Gasteiger partial charge in [-0.25, -0.2) is 4.39 Å². The molecule has 1 fully saturated rings. The Labute approximate surface area is 159 Å². The molecule has 0 amide bonds. The van der Waals surface area contributed by atoms with Gasteiger partial charge in [0, 0.05) is 24.9 Å². The molecule has 0 spiro atoms.